The molecule has 2 aliphatic carbocycles. The van der Waals surface area contributed by atoms with E-state index >= 15 is 0 Å². The van der Waals surface area contributed by atoms with E-state index in [-0.39, 0.29) is 77.4 Å². The molecule has 4 heterocycles. The van der Waals surface area contributed by atoms with Gasteiger partial charge in [-0.1, -0.05) is 6.07 Å². The summed E-state index contributed by atoms with van der Waals surface area (Å²) in [5.74, 6) is -0.723. The number of aliphatic hydroxyl groups excluding tert-OH is 1. The summed E-state index contributed by atoms with van der Waals surface area (Å²) >= 11 is 0. The van der Waals surface area contributed by atoms with Crippen LogP contribution in [0.4, 0.5) is 19.0 Å². The van der Waals surface area contributed by atoms with Crippen LogP contribution in [0.15, 0.2) is 49.1 Å². The molecule has 71 heavy (non-hydrogen) atoms. The number of aromatic nitrogens is 3. The second-order valence-electron chi connectivity index (χ2n) is 20.0. The van der Waals surface area contributed by atoms with Crippen molar-refractivity contribution in [3.8, 4) is 0 Å². The molecule has 2 saturated carbocycles. The van der Waals surface area contributed by atoms with Crippen molar-refractivity contribution in [2.75, 3.05) is 58.9 Å². The Labute approximate surface area is 414 Å². The number of ether oxygens (including phenoxy) is 2. The summed E-state index contributed by atoms with van der Waals surface area (Å²) in [6.07, 6.45) is 7.48. The van der Waals surface area contributed by atoms with E-state index in [2.05, 4.69) is 62.0 Å². The minimum Gasteiger partial charge on any atom is -0.381 e. The van der Waals surface area contributed by atoms with Crippen LogP contribution in [0.25, 0.3) is 10.9 Å². The monoisotopic (exact) mass is 995 g/mol. The highest BCUT2D eigenvalue weighted by molar-refractivity contribution is 5.91. The second-order valence-corrected chi connectivity index (χ2v) is 20.0. The van der Waals surface area contributed by atoms with Crippen LogP contribution in [-0.4, -0.2) is 154 Å². The molecule has 7 atom stereocenters. The molecule has 1 unspecified atom stereocenters. The smallest absolute Gasteiger partial charge is 0.381 e. The van der Waals surface area contributed by atoms with Gasteiger partial charge in [-0.2, -0.15) is 13.2 Å². The van der Waals surface area contributed by atoms with Gasteiger partial charge in [-0.05, 0) is 121 Å². The van der Waals surface area contributed by atoms with E-state index in [1.807, 2.05) is 11.0 Å². The summed E-state index contributed by atoms with van der Waals surface area (Å²) in [6.45, 7) is 7.11. The largest absolute Gasteiger partial charge is 0.416 e. The number of rotatable bonds is 22. The van der Waals surface area contributed by atoms with Crippen molar-refractivity contribution in [1.29, 1.82) is 0 Å². The Hall–Kier alpha value is -5.02. The number of fused-ring (bicyclic) bond motifs is 1. The molecular weight excluding hydrogens is 922 g/mol. The quantitative estimate of drug-likeness (QED) is 0.0824. The lowest BCUT2D eigenvalue weighted by molar-refractivity contribution is -0.137. The Bertz CT molecular complexity index is 2240. The number of halogens is 3. The normalized spacial score (nSPS) is 26.3. The number of pyridine rings is 1. The molecule has 4 amide bonds. The zero-order valence-electron chi connectivity index (χ0n) is 41.5. The Balaban J connectivity index is 0.774. The Morgan fingerprint density at radius 1 is 0.915 bits per heavy atom. The van der Waals surface area contributed by atoms with Crippen molar-refractivity contribution in [2.24, 2.45) is 11.8 Å². The molecule has 390 valence electrons. The molecule has 7 rings (SSSR count). The first kappa shape index (κ1) is 53.8. The molecule has 2 aromatic heterocycles. The molecule has 4 aliphatic rings. The third-order valence-electron chi connectivity index (χ3n) is 15.1. The molecule has 0 bridgehead atoms. The standard InChI is InChI=1S/C51H73F3N10O7/c1-32(2)62(3)37-16-18-43(64-22-19-41(50(64)69)60-47-38-27-35(51(52,53)54)13-17-40(38)57-31-58-47)42(28-37)61-48(67)33-11-14-36(15-12-33)59-44(65)10-8-25-70-23-5-6-24-71-26-21-56-49(68)39-29-45(66)63(4)46(39)34-9-7-20-55-30-34/h7,9,13,17,20,27,30-33,36-37,39,41-43,46,50,69H,5-6,8,10-12,14-16,18-19,21-26,28-29H2,1-4H3,(H,56,68)(H,59,65)(H,61,67)(H,57,58,60)/t33-,36-,37-,39+,41+,42-,43+,46-,50?/m1/s1. The zero-order chi connectivity index (χ0) is 50.7. The van der Waals surface area contributed by atoms with Crippen LogP contribution in [0.5, 0.6) is 0 Å². The number of likely N-dealkylation sites (tertiary alicyclic amines) is 2. The predicted octanol–water partition coefficient (Wildman–Crippen LogP) is 5.20. The van der Waals surface area contributed by atoms with Gasteiger partial charge >= 0.3 is 6.18 Å². The van der Waals surface area contributed by atoms with Crippen LogP contribution in [0.2, 0.25) is 0 Å². The maximum atomic E-state index is 14.0. The fraction of sp³-hybridized carbons (Fsp3) is 0.667. The minimum absolute atomic E-state index is 0.000832. The Kier molecular flexibility index (Phi) is 19.0. The van der Waals surface area contributed by atoms with Gasteiger partial charge in [-0.3, -0.25) is 29.1 Å². The number of benzene rings is 1. The Morgan fingerprint density at radius 2 is 1.66 bits per heavy atom. The van der Waals surface area contributed by atoms with Crippen molar-refractivity contribution in [3.63, 3.8) is 0 Å². The maximum Gasteiger partial charge on any atom is 0.416 e. The fourth-order valence-corrected chi connectivity index (χ4v) is 10.8. The van der Waals surface area contributed by atoms with Crippen LogP contribution in [-0.2, 0) is 34.8 Å². The van der Waals surface area contributed by atoms with E-state index in [9.17, 15) is 37.5 Å². The first-order valence-electron chi connectivity index (χ1n) is 25.5. The number of hydrogen-bond donors (Lipinski definition) is 5. The molecule has 4 fully saturated rings. The minimum atomic E-state index is -4.53. The lowest BCUT2D eigenvalue weighted by Crippen LogP contribution is -2.60. The summed E-state index contributed by atoms with van der Waals surface area (Å²) in [5, 5.41) is 24.7. The summed E-state index contributed by atoms with van der Waals surface area (Å²) in [5.41, 5.74) is 0.400. The van der Waals surface area contributed by atoms with Gasteiger partial charge in [-0.15, -0.1) is 0 Å². The number of alkyl halides is 3. The summed E-state index contributed by atoms with van der Waals surface area (Å²) in [7, 11) is 3.82. The number of hydrogen-bond acceptors (Lipinski definition) is 13. The van der Waals surface area contributed by atoms with Gasteiger partial charge in [-0.25, -0.2) is 9.97 Å². The van der Waals surface area contributed by atoms with Crippen LogP contribution < -0.4 is 21.3 Å². The summed E-state index contributed by atoms with van der Waals surface area (Å²) < 4.78 is 52.3. The van der Waals surface area contributed by atoms with Gasteiger partial charge in [0.05, 0.1) is 35.7 Å². The average molecular weight is 995 g/mol. The van der Waals surface area contributed by atoms with Gasteiger partial charge in [0.2, 0.25) is 23.6 Å². The van der Waals surface area contributed by atoms with Crippen LogP contribution in [0.3, 0.4) is 0 Å². The summed E-state index contributed by atoms with van der Waals surface area (Å²) in [6, 6.07) is 6.37. The first-order chi connectivity index (χ1) is 34.1. The van der Waals surface area contributed by atoms with Gasteiger partial charge in [0.25, 0.3) is 0 Å². The SMILES string of the molecule is CC(C)N(C)[C@@H]1CC[C@H](N2CC[C@H](Nc3ncnc4ccc(C(F)(F)F)cc34)C2O)[C@H](NC(=O)[C@H]2CC[C@H](NC(=O)CCCOCCCCOCCNC(=O)[C@H]3CC(=O)N(C)[C@@H]3c3cccnc3)CC2)C1. The van der Waals surface area contributed by atoms with E-state index in [0.717, 1.165) is 49.8 Å². The van der Waals surface area contributed by atoms with Crippen molar-refractivity contribution in [1.82, 2.24) is 45.6 Å². The Morgan fingerprint density at radius 3 is 2.38 bits per heavy atom. The lowest BCUT2D eigenvalue weighted by atomic mass is 9.82. The van der Waals surface area contributed by atoms with Crippen molar-refractivity contribution < 1.29 is 46.9 Å². The van der Waals surface area contributed by atoms with Gasteiger partial charge in [0.1, 0.15) is 18.4 Å². The third kappa shape index (κ3) is 14.1. The molecule has 2 saturated heterocycles. The third-order valence-corrected chi connectivity index (χ3v) is 15.1. The predicted molar refractivity (Wildman–Crippen MR) is 260 cm³/mol. The number of anilines is 1. The highest BCUT2D eigenvalue weighted by Gasteiger charge is 2.45. The molecule has 20 heteroatoms. The summed E-state index contributed by atoms with van der Waals surface area (Å²) in [4.78, 5) is 70.7. The van der Waals surface area contributed by atoms with Crippen molar-refractivity contribution in [2.45, 2.75) is 152 Å². The van der Waals surface area contributed by atoms with Crippen LogP contribution in [0, 0.1) is 11.8 Å². The topological polar surface area (TPSA) is 203 Å². The van der Waals surface area contributed by atoms with Crippen LogP contribution >= 0.6 is 0 Å². The second kappa shape index (κ2) is 25.1. The van der Waals surface area contributed by atoms with Gasteiger partial charge in [0.15, 0.2) is 0 Å². The maximum absolute atomic E-state index is 14.0. The number of nitrogens with one attached hydrogen (secondary N) is 4. The molecule has 2 aliphatic heterocycles. The number of carbonyl (C=O) groups is 4. The lowest BCUT2D eigenvalue weighted by Gasteiger charge is -2.46. The van der Waals surface area contributed by atoms with E-state index in [1.165, 1.54) is 12.4 Å². The zero-order valence-corrected chi connectivity index (χ0v) is 41.5. The van der Waals surface area contributed by atoms with Crippen molar-refractivity contribution >= 4 is 40.3 Å². The van der Waals surface area contributed by atoms with E-state index < -0.39 is 29.9 Å². The molecule has 0 spiro atoms. The number of unbranched alkanes of at least 4 members (excludes halogenated alkanes) is 1. The molecular formula is C51H73F3N10O7. The number of aliphatic hydroxyl groups is 1. The molecule has 5 N–H and O–H groups in total. The highest BCUT2D eigenvalue weighted by atomic mass is 19.4. The first-order valence-corrected chi connectivity index (χ1v) is 25.5. The average Bonchev–Trinajstić information content (AvgIpc) is 3.87. The number of amides is 4. The van der Waals surface area contributed by atoms with Crippen LogP contribution in [0.1, 0.15) is 114 Å². The molecule has 3 aromatic rings. The van der Waals surface area contributed by atoms with E-state index in [0.29, 0.717) is 96.0 Å². The van der Waals surface area contributed by atoms with Gasteiger partial charge in [0, 0.05) is 107 Å². The van der Waals surface area contributed by atoms with Gasteiger partial charge < -0.3 is 45.6 Å². The number of nitrogens with zero attached hydrogens (tertiary/aromatic N) is 6. The van der Waals surface area contributed by atoms with Crippen molar-refractivity contribution in [3.05, 3.63) is 60.2 Å². The van der Waals surface area contributed by atoms with E-state index in [4.69, 9.17) is 9.47 Å². The van der Waals surface area contributed by atoms with E-state index in [1.54, 1.807) is 30.4 Å². The molecule has 0 radical (unpaired) electrons. The highest BCUT2D eigenvalue weighted by Crippen LogP contribution is 2.38. The fourth-order valence-electron chi connectivity index (χ4n) is 10.8. The molecule has 1 aromatic carbocycles. The number of carbonyl (C=O) groups excluding carboxylic acids is 4. The molecule has 17 nitrogen and oxygen atoms in total.